The summed E-state index contributed by atoms with van der Waals surface area (Å²) >= 11 is 0. The van der Waals surface area contributed by atoms with Crippen LogP contribution in [0.3, 0.4) is 0 Å². The van der Waals surface area contributed by atoms with Gasteiger partial charge in [-0.2, -0.15) is 0 Å². The minimum Gasteiger partial charge on any atom is -0.504 e. The average Bonchev–Trinajstić information content (AvgIpc) is 3.00. The number of aromatic hydroxyl groups is 1. The molecular formula is C17H14O5. The number of methoxy groups -OCH3 is 2. The highest BCUT2D eigenvalue weighted by molar-refractivity contribution is 6.05. The lowest BCUT2D eigenvalue weighted by Gasteiger charge is -2.01. The van der Waals surface area contributed by atoms with E-state index in [1.165, 1.54) is 19.2 Å². The van der Waals surface area contributed by atoms with Gasteiger partial charge in [0.25, 0.3) is 0 Å². The summed E-state index contributed by atoms with van der Waals surface area (Å²) in [5, 5.41) is 10.4. The first kappa shape index (κ1) is 14.0. The van der Waals surface area contributed by atoms with E-state index >= 15 is 0 Å². The quantitative estimate of drug-likeness (QED) is 0.748. The molecule has 5 heteroatoms. The first-order valence-electron chi connectivity index (χ1n) is 6.62. The molecule has 0 saturated carbocycles. The number of esters is 1. The van der Waals surface area contributed by atoms with Gasteiger partial charge < -0.3 is 19.0 Å². The normalized spacial score (nSPS) is 10.6. The number of rotatable bonds is 3. The maximum absolute atomic E-state index is 11.8. The molecule has 0 bridgehead atoms. The zero-order valence-electron chi connectivity index (χ0n) is 12.1. The Hall–Kier alpha value is -2.95. The van der Waals surface area contributed by atoms with Crippen LogP contribution >= 0.6 is 0 Å². The van der Waals surface area contributed by atoms with Gasteiger partial charge in [0, 0.05) is 10.9 Å². The number of ether oxygens (including phenoxy) is 2. The molecule has 3 rings (SSSR count). The molecule has 0 atom stereocenters. The third kappa shape index (κ3) is 2.26. The van der Waals surface area contributed by atoms with Gasteiger partial charge in [-0.05, 0) is 42.5 Å². The number of hydrogen-bond acceptors (Lipinski definition) is 5. The molecule has 1 aromatic heterocycles. The SMILES string of the molecule is COC(=O)c1ccc(O)c2oc(-c3ccc(OC)cc3)cc12. The maximum Gasteiger partial charge on any atom is 0.338 e. The highest BCUT2D eigenvalue weighted by Gasteiger charge is 2.17. The lowest BCUT2D eigenvalue weighted by molar-refractivity contribution is 0.0603. The monoisotopic (exact) mass is 298 g/mol. The molecule has 0 saturated heterocycles. The van der Waals surface area contributed by atoms with Crippen LogP contribution in [0.5, 0.6) is 11.5 Å². The van der Waals surface area contributed by atoms with Crippen LogP contribution in [0.2, 0.25) is 0 Å². The van der Waals surface area contributed by atoms with Crippen molar-refractivity contribution in [3.63, 3.8) is 0 Å². The summed E-state index contributed by atoms with van der Waals surface area (Å²) in [5.41, 5.74) is 1.42. The molecule has 0 aliphatic heterocycles. The fraction of sp³-hybridized carbons (Fsp3) is 0.118. The zero-order valence-corrected chi connectivity index (χ0v) is 12.1. The van der Waals surface area contributed by atoms with Gasteiger partial charge >= 0.3 is 5.97 Å². The Labute approximate surface area is 126 Å². The molecule has 112 valence electrons. The minimum absolute atomic E-state index is 0.0255. The van der Waals surface area contributed by atoms with Crippen molar-refractivity contribution < 1.29 is 23.8 Å². The summed E-state index contributed by atoms with van der Waals surface area (Å²) in [7, 11) is 2.91. The molecule has 2 aromatic carbocycles. The summed E-state index contributed by atoms with van der Waals surface area (Å²) in [6.45, 7) is 0. The van der Waals surface area contributed by atoms with Crippen molar-refractivity contribution in [3.8, 4) is 22.8 Å². The van der Waals surface area contributed by atoms with E-state index in [1.807, 2.05) is 24.3 Å². The molecule has 0 aliphatic rings. The first-order valence-corrected chi connectivity index (χ1v) is 6.62. The van der Waals surface area contributed by atoms with Gasteiger partial charge in [-0.3, -0.25) is 0 Å². The van der Waals surface area contributed by atoms with Gasteiger partial charge in [-0.25, -0.2) is 4.79 Å². The van der Waals surface area contributed by atoms with Gasteiger partial charge in [-0.1, -0.05) is 0 Å². The molecule has 0 spiro atoms. The summed E-state index contributed by atoms with van der Waals surface area (Å²) in [4.78, 5) is 11.8. The molecule has 1 heterocycles. The molecule has 0 aliphatic carbocycles. The summed E-state index contributed by atoms with van der Waals surface area (Å²) in [6.07, 6.45) is 0. The Kier molecular flexibility index (Phi) is 3.47. The van der Waals surface area contributed by atoms with Crippen molar-refractivity contribution in [1.29, 1.82) is 0 Å². The van der Waals surface area contributed by atoms with Crippen molar-refractivity contribution in [2.24, 2.45) is 0 Å². The first-order chi connectivity index (χ1) is 10.6. The number of phenols is 1. The van der Waals surface area contributed by atoms with Crippen LogP contribution in [0, 0.1) is 0 Å². The number of carbonyl (C=O) groups excluding carboxylic acids is 1. The van der Waals surface area contributed by atoms with E-state index in [-0.39, 0.29) is 11.3 Å². The van der Waals surface area contributed by atoms with Crippen LogP contribution < -0.4 is 4.74 Å². The number of furan rings is 1. The lowest BCUT2D eigenvalue weighted by Crippen LogP contribution is -2.00. The minimum atomic E-state index is -0.480. The van der Waals surface area contributed by atoms with Crippen molar-refractivity contribution in [3.05, 3.63) is 48.0 Å². The summed E-state index contributed by atoms with van der Waals surface area (Å²) in [5.74, 6) is 0.775. The molecule has 0 fully saturated rings. The predicted molar refractivity (Wildman–Crippen MR) is 81.2 cm³/mol. The van der Waals surface area contributed by atoms with E-state index in [0.717, 1.165) is 11.3 Å². The topological polar surface area (TPSA) is 68.9 Å². The fourth-order valence-corrected chi connectivity index (χ4v) is 2.29. The fourth-order valence-electron chi connectivity index (χ4n) is 2.29. The Morgan fingerprint density at radius 1 is 1.09 bits per heavy atom. The van der Waals surface area contributed by atoms with Crippen LogP contribution in [-0.2, 0) is 4.74 Å². The number of fused-ring (bicyclic) bond motifs is 1. The van der Waals surface area contributed by atoms with Crippen LogP contribution in [0.1, 0.15) is 10.4 Å². The Balaban J connectivity index is 2.15. The lowest BCUT2D eigenvalue weighted by atomic mass is 10.1. The second kappa shape index (κ2) is 5.44. The number of benzene rings is 2. The molecule has 0 unspecified atom stereocenters. The van der Waals surface area contributed by atoms with Crippen molar-refractivity contribution in [2.45, 2.75) is 0 Å². The Morgan fingerprint density at radius 2 is 1.82 bits per heavy atom. The van der Waals surface area contributed by atoms with Crippen LogP contribution in [0.4, 0.5) is 0 Å². The van der Waals surface area contributed by atoms with Gasteiger partial charge in [0.1, 0.15) is 11.5 Å². The summed E-state index contributed by atoms with van der Waals surface area (Å²) in [6, 6.07) is 11.9. The van der Waals surface area contributed by atoms with Crippen LogP contribution in [-0.4, -0.2) is 25.3 Å². The molecular weight excluding hydrogens is 284 g/mol. The van der Waals surface area contributed by atoms with Crippen molar-refractivity contribution in [2.75, 3.05) is 14.2 Å². The zero-order chi connectivity index (χ0) is 15.7. The molecule has 22 heavy (non-hydrogen) atoms. The van der Waals surface area contributed by atoms with Gasteiger partial charge in [0.2, 0.25) is 0 Å². The van der Waals surface area contributed by atoms with Gasteiger partial charge in [-0.15, -0.1) is 0 Å². The van der Waals surface area contributed by atoms with Crippen molar-refractivity contribution in [1.82, 2.24) is 0 Å². The van der Waals surface area contributed by atoms with E-state index in [4.69, 9.17) is 13.9 Å². The van der Waals surface area contributed by atoms with E-state index in [0.29, 0.717) is 16.7 Å². The largest absolute Gasteiger partial charge is 0.504 e. The Morgan fingerprint density at radius 3 is 2.45 bits per heavy atom. The Bertz CT molecular complexity index is 830. The van der Waals surface area contributed by atoms with Crippen LogP contribution in [0.15, 0.2) is 46.9 Å². The smallest absolute Gasteiger partial charge is 0.338 e. The highest BCUT2D eigenvalue weighted by atomic mass is 16.5. The standard InChI is InChI=1S/C17H14O5/c1-20-11-5-3-10(4-6-11)15-9-13-12(17(19)21-2)7-8-14(18)16(13)22-15/h3-9,18H,1-2H3. The van der Waals surface area contributed by atoms with Gasteiger partial charge in [0.05, 0.1) is 19.8 Å². The highest BCUT2D eigenvalue weighted by Crippen LogP contribution is 2.35. The van der Waals surface area contributed by atoms with Crippen LogP contribution in [0.25, 0.3) is 22.3 Å². The predicted octanol–water partition coefficient (Wildman–Crippen LogP) is 3.60. The maximum atomic E-state index is 11.8. The second-order valence-corrected chi connectivity index (χ2v) is 4.71. The van der Waals surface area contributed by atoms with Gasteiger partial charge in [0.15, 0.2) is 11.3 Å². The summed E-state index contributed by atoms with van der Waals surface area (Å²) < 4.78 is 15.6. The van der Waals surface area contributed by atoms with Crippen molar-refractivity contribution >= 4 is 16.9 Å². The average molecular weight is 298 g/mol. The number of phenolic OH excluding ortho intramolecular Hbond substituents is 1. The molecule has 0 radical (unpaired) electrons. The van der Waals surface area contributed by atoms with E-state index in [1.54, 1.807) is 13.2 Å². The number of carbonyl (C=O) groups is 1. The van der Waals surface area contributed by atoms with E-state index in [2.05, 4.69) is 0 Å². The molecule has 1 N–H and O–H groups in total. The third-order valence-corrected chi connectivity index (χ3v) is 3.44. The van der Waals surface area contributed by atoms with E-state index < -0.39 is 5.97 Å². The molecule has 3 aromatic rings. The number of hydrogen-bond donors (Lipinski definition) is 1. The molecule has 0 amide bonds. The third-order valence-electron chi connectivity index (χ3n) is 3.44. The van der Waals surface area contributed by atoms with E-state index in [9.17, 15) is 9.90 Å². The second-order valence-electron chi connectivity index (χ2n) is 4.71. The molecule has 5 nitrogen and oxygen atoms in total.